The van der Waals surface area contributed by atoms with Crippen LogP contribution < -0.4 is 93.5 Å². The summed E-state index contributed by atoms with van der Waals surface area (Å²) in [6, 6.07) is 100. The van der Waals surface area contributed by atoms with Gasteiger partial charge in [0, 0.05) is 122 Å². The molecule has 0 radical (unpaired) electrons. The third-order valence-electron chi connectivity index (χ3n) is 18.8. The molecule has 7 heterocycles. The highest BCUT2D eigenvalue weighted by molar-refractivity contribution is 7.01. The molecule has 13 aromatic rings. The molecule has 87 heavy (non-hydrogen) atoms. The molecule has 0 aliphatic carbocycles. The number of aromatic nitrogens is 3. The molecular weight excluding hydrogens is 1060 g/mol. The van der Waals surface area contributed by atoms with Crippen molar-refractivity contribution in [1.82, 2.24) is 0 Å². The van der Waals surface area contributed by atoms with Crippen molar-refractivity contribution in [2.24, 2.45) is 0 Å². The van der Waals surface area contributed by atoms with Crippen molar-refractivity contribution in [2.45, 2.75) is 0 Å². The van der Waals surface area contributed by atoms with E-state index in [0.29, 0.717) is 0 Å². The maximum atomic E-state index is 3.82. The molecule has 19 rings (SSSR count). The summed E-state index contributed by atoms with van der Waals surface area (Å²) in [6.45, 7) is 0.0852. The highest BCUT2D eigenvalue weighted by Crippen LogP contribution is 2.43. The van der Waals surface area contributed by atoms with Crippen LogP contribution >= 0.6 is 0 Å². The summed E-state index contributed by atoms with van der Waals surface area (Å²) in [5, 5.41) is 11.5. The molecule has 12 aromatic carbocycles. The Morgan fingerprint density at radius 2 is 0.506 bits per heavy atom. The van der Waals surface area contributed by atoms with Gasteiger partial charge in [-0.25, -0.2) is 0 Å². The number of hydrogen-bond donors (Lipinski definition) is 3. The molecule has 0 saturated carbocycles. The second-order valence-corrected chi connectivity index (χ2v) is 23.5. The van der Waals surface area contributed by atoms with E-state index in [1.54, 1.807) is 0 Å². The summed E-state index contributed by atoms with van der Waals surface area (Å²) >= 11 is 0. The molecule has 0 spiro atoms. The summed E-state index contributed by atoms with van der Waals surface area (Å²) in [5.74, 6) is 0. The molecule has 1 aromatic heterocycles. The van der Waals surface area contributed by atoms with Crippen LogP contribution in [0.3, 0.4) is 0 Å². The molecule has 0 saturated heterocycles. The van der Waals surface area contributed by atoms with Gasteiger partial charge in [0.15, 0.2) is 0 Å². The zero-order chi connectivity index (χ0) is 56.8. The van der Waals surface area contributed by atoms with Gasteiger partial charge in [-0.3, -0.25) is 0 Å². The smallest absolute Gasteiger partial charge is 0.356 e. The first-order valence-corrected chi connectivity index (χ1v) is 30.0. The van der Waals surface area contributed by atoms with Gasteiger partial charge in [-0.15, -0.1) is 0 Å². The minimum Gasteiger partial charge on any atom is -0.356 e. The minimum absolute atomic E-state index is 0.0284. The Balaban J connectivity index is 0.844. The first kappa shape index (κ1) is 48.1. The van der Waals surface area contributed by atoms with Crippen LogP contribution in [0.5, 0.6) is 0 Å². The largest absolute Gasteiger partial charge is 0.428 e. The number of hydrogen-bond acceptors (Lipinski definition) is 6. The summed E-state index contributed by atoms with van der Waals surface area (Å²) in [4.78, 5) is 7.38. The van der Waals surface area contributed by atoms with E-state index in [1.807, 2.05) is 0 Å². The van der Waals surface area contributed by atoms with Crippen molar-refractivity contribution in [3.8, 4) is 17.1 Å². The molecule has 6 aliphatic heterocycles. The molecule has 0 atom stereocenters. The number of nitrogens with one attached hydrogen (secondary N) is 3. The van der Waals surface area contributed by atoms with Gasteiger partial charge in [-0.2, -0.15) is 0 Å². The standard InChI is InChI=1S/C75H51B3N9/c1-4-19-49(20-5-1)85-67-34-16-31-64-73(67)76(55-25-10-13-28-61(55)79-64)58-40-37-52(43-70(58)85)82-46-83(53-38-41-59-71(44-53)86(50-21-6-2-7-22-50)68-35-17-32-65-74(68)77(59)56-26-11-14-29-62(56)80-65)48-84(47-82)54-39-42-60-72(45-54)87(51-23-8-3-9-24-51)69-36-18-33-66-75(69)78(60)57-27-12-15-30-63(57)81-66/h1-48,79-81H/q+3. The van der Waals surface area contributed by atoms with Crippen LogP contribution in [0.2, 0.25) is 0 Å². The van der Waals surface area contributed by atoms with E-state index in [2.05, 4.69) is 336 Å². The van der Waals surface area contributed by atoms with Crippen molar-refractivity contribution in [3.63, 3.8) is 0 Å². The van der Waals surface area contributed by atoms with E-state index in [1.165, 1.54) is 66.2 Å². The molecule has 0 amide bonds. The van der Waals surface area contributed by atoms with E-state index >= 15 is 0 Å². The van der Waals surface area contributed by atoms with E-state index in [4.69, 9.17) is 0 Å². The molecule has 402 valence electrons. The van der Waals surface area contributed by atoms with Gasteiger partial charge in [0.05, 0.1) is 0 Å². The van der Waals surface area contributed by atoms with Gasteiger partial charge in [0.25, 0.3) is 20.1 Å². The monoisotopic (exact) mass is 1110 g/mol. The van der Waals surface area contributed by atoms with Crippen molar-refractivity contribution in [3.05, 3.63) is 292 Å². The summed E-state index contributed by atoms with van der Waals surface area (Å²) < 4.78 is 6.93. The Hall–Kier alpha value is -11.4. The van der Waals surface area contributed by atoms with Crippen LogP contribution in [-0.2, 0) is 0 Å². The van der Waals surface area contributed by atoms with Crippen LogP contribution in [0.1, 0.15) is 0 Å². The van der Waals surface area contributed by atoms with Crippen molar-refractivity contribution >= 4 is 155 Å². The van der Waals surface area contributed by atoms with E-state index in [0.717, 1.165) is 85.3 Å². The highest BCUT2D eigenvalue weighted by atomic mass is 15.2. The molecule has 3 N–H and O–H groups in total. The van der Waals surface area contributed by atoms with E-state index < -0.39 is 0 Å². The maximum absolute atomic E-state index is 3.82. The number of nitrogens with zero attached hydrogens (tertiary/aromatic N) is 6. The first-order valence-electron chi connectivity index (χ1n) is 30.0. The summed E-state index contributed by atoms with van der Waals surface area (Å²) in [7, 11) is 0. The Labute approximate surface area is 505 Å². The second-order valence-electron chi connectivity index (χ2n) is 23.5. The fourth-order valence-corrected chi connectivity index (χ4v) is 15.2. The summed E-state index contributed by atoms with van der Waals surface area (Å²) in [6.07, 6.45) is 6.75. The lowest BCUT2D eigenvalue weighted by molar-refractivity contribution is -0.858. The van der Waals surface area contributed by atoms with Crippen LogP contribution in [0.25, 0.3) is 17.1 Å². The van der Waals surface area contributed by atoms with Crippen LogP contribution in [0, 0.1) is 0 Å². The predicted molar refractivity (Wildman–Crippen MR) is 358 cm³/mol. The maximum Gasteiger partial charge on any atom is 0.428 e. The first-order chi connectivity index (χ1) is 43.1. The highest BCUT2D eigenvalue weighted by Gasteiger charge is 2.45. The van der Waals surface area contributed by atoms with E-state index in [-0.39, 0.29) is 20.1 Å². The zero-order valence-electron chi connectivity index (χ0n) is 47.1. The average molecular weight is 1110 g/mol. The fraction of sp³-hybridized carbons (Fsp3) is 0. The Bertz CT molecular complexity index is 4530. The minimum atomic E-state index is 0.0284. The molecular formula is C75H51B3N9+3. The second kappa shape index (κ2) is 18.6. The molecule has 0 fully saturated rings. The van der Waals surface area contributed by atoms with Gasteiger partial charge in [0.1, 0.15) is 0 Å². The zero-order valence-corrected chi connectivity index (χ0v) is 47.1. The quantitative estimate of drug-likeness (QED) is 0.114. The Morgan fingerprint density at radius 1 is 0.230 bits per heavy atom. The average Bonchev–Trinajstić information content (AvgIpc) is 1.13. The Morgan fingerprint density at radius 3 is 0.816 bits per heavy atom. The van der Waals surface area contributed by atoms with Crippen LogP contribution in [0.4, 0.5) is 85.3 Å². The third-order valence-corrected chi connectivity index (χ3v) is 18.8. The molecule has 12 heteroatoms. The molecule has 6 aliphatic rings. The van der Waals surface area contributed by atoms with Gasteiger partial charge >= 0.3 is 19.0 Å². The van der Waals surface area contributed by atoms with Crippen LogP contribution in [-0.4, -0.2) is 20.1 Å². The molecule has 0 unspecified atom stereocenters. The summed E-state index contributed by atoms with van der Waals surface area (Å²) in [5.41, 5.74) is 31.6. The number of fused-ring (bicyclic) bond motifs is 12. The lowest BCUT2D eigenvalue weighted by atomic mass is 9.33. The van der Waals surface area contributed by atoms with Gasteiger partial charge < -0.3 is 30.7 Å². The third kappa shape index (κ3) is 7.15. The Kier molecular flexibility index (Phi) is 10.3. The number of anilines is 15. The normalized spacial score (nSPS) is 13.7. The van der Waals surface area contributed by atoms with E-state index in [9.17, 15) is 0 Å². The van der Waals surface area contributed by atoms with Crippen LogP contribution in [0.15, 0.2) is 292 Å². The SMILES string of the molecule is c1ccc(N2c3cc(-[n+]4c[n+](-c5ccc6c(c5)N(c5ccccc5)c5cccc7c5B6c5ccccc5N7)c[n+](-c5ccc6c(c5)N(c5ccccc5)c5cccc7c5B6c5ccccc5N7)c4)ccc3B3c4ccccc4Nc4cccc2c43)cc1. The predicted octanol–water partition coefficient (Wildman–Crippen LogP) is 9.59. The van der Waals surface area contributed by atoms with Gasteiger partial charge in [0.2, 0.25) is 17.1 Å². The topological polar surface area (TPSA) is 57.5 Å². The molecule has 9 nitrogen and oxygen atoms in total. The van der Waals surface area contributed by atoms with Gasteiger partial charge in [-0.1, -0.05) is 159 Å². The fourth-order valence-electron chi connectivity index (χ4n) is 15.2. The van der Waals surface area contributed by atoms with Gasteiger partial charge in [-0.05, 0) is 140 Å². The van der Waals surface area contributed by atoms with Crippen molar-refractivity contribution in [1.29, 1.82) is 0 Å². The lowest BCUT2D eigenvalue weighted by Crippen LogP contribution is -2.61. The number of para-hydroxylation sites is 6. The number of rotatable bonds is 6. The molecule has 0 bridgehead atoms. The van der Waals surface area contributed by atoms with Crippen molar-refractivity contribution < 1.29 is 13.7 Å². The lowest BCUT2D eigenvalue weighted by Gasteiger charge is -2.40. The number of benzene rings is 12. The van der Waals surface area contributed by atoms with Crippen molar-refractivity contribution in [2.75, 3.05) is 30.7 Å².